The van der Waals surface area contributed by atoms with E-state index in [2.05, 4.69) is 13.8 Å². The molecule has 136 valence electrons. The summed E-state index contributed by atoms with van der Waals surface area (Å²) in [7, 11) is 1.56. The predicted octanol–water partition coefficient (Wildman–Crippen LogP) is 4.56. The SMILES string of the molecule is CCOc1ccc(C[C@@H](C)[C@H](C)Cc2ccc(O)c(OC)c2)cc1O. The molecule has 0 fully saturated rings. The molecule has 4 heteroatoms. The van der Waals surface area contributed by atoms with Gasteiger partial charge in [-0.1, -0.05) is 26.0 Å². The van der Waals surface area contributed by atoms with Gasteiger partial charge in [0.05, 0.1) is 13.7 Å². The summed E-state index contributed by atoms with van der Waals surface area (Å²) in [6.45, 7) is 6.88. The normalized spacial score (nSPS) is 13.3. The Balaban J connectivity index is 2.00. The summed E-state index contributed by atoms with van der Waals surface area (Å²) < 4.78 is 10.6. The van der Waals surface area contributed by atoms with Crippen LogP contribution in [0, 0.1) is 11.8 Å². The quantitative estimate of drug-likeness (QED) is 0.737. The third kappa shape index (κ3) is 5.05. The molecule has 0 aliphatic heterocycles. The number of ether oxygens (including phenoxy) is 2. The second-order valence-electron chi connectivity index (χ2n) is 6.60. The molecule has 0 bridgehead atoms. The maximum absolute atomic E-state index is 10.0. The van der Waals surface area contributed by atoms with Crippen LogP contribution in [0.1, 0.15) is 31.9 Å². The first kappa shape index (κ1) is 19.0. The van der Waals surface area contributed by atoms with Crippen LogP contribution < -0.4 is 9.47 Å². The summed E-state index contributed by atoms with van der Waals surface area (Å²) in [5, 5.41) is 19.7. The van der Waals surface area contributed by atoms with E-state index in [-0.39, 0.29) is 11.5 Å². The Labute approximate surface area is 150 Å². The van der Waals surface area contributed by atoms with Gasteiger partial charge in [-0.05, 0) is 67.0 Å². The van der Waals surface area contributed by atoms with Gasteiger partial charge in [0.25, 0.3) is 0 Å². The minimum Gasteiger partial charge on any atom is -0.504 e. The smallest absolute Gasteiger partial charge is 0.160 e. The van der Waals surface area contributed by atoms with Crippen LogP contribution in [-0.2, 0) is 12.8 Å². The molecule has 0 aromatic heterocycles. The lowest BCUT2D eigenvalue weighted by molar-refractivity contribution is 0.317. The van der Waals surface area contributed by atoms with E-state index in [1.807, 2.05) is 31.2 Å². The third-order valence-electron chi connectivity index (χ3n) is 4.65. The van der Waals surface area contributed by atoms with Gasteiger partial charge in [-0.15, -0.1) is 0 Å². The Bertz CT molecular complexity index is 696. The molecule has 0 aliphatic rings. The van der Waals surface area contributed by atoms with E-state index in [9.17, 15) is 10.2 Å². The van der Waals surface area contributed by atoms with E-state index in [1.54, 1.807) is 19.2 Å². The Morgan fingerprint density at radius 3 is 2.00 bits per heavy atom. The number of aromatic hydroxyl groups is 2. The zero-order valence-corrected chi connectivity index (χ0v) is 15.5. The van der Waals surface area contributed by atoms with E-state index in [0.717, 1.165) is 24.0 Å². The number of hydrogen-bond donors (Lipinski definition) is 2. The largest absolute Gasteiger partial charge is 0.504 e. The van der Waals surface area contributed by atoms with Gasteiger partial charge < -0.3 is 19.7 Å². The van der Waals surface area contributed by atoms with Crippen molar-refractivity contribution in [2.24, 2.45) is 11.8 Å². The van der Waals surface area contributed by atoms with Crippen LogP contribution in [0.2, 0.25) is 0 Å². The molecule has 0 saturated carbocycles. The van der Waals surface area contributed by atoms with Crippen molar-refractivity contribution in [2.45, 2.75) is 33.6 Å². The van der Waals surface area contributed by atoms with E-state index >= 15 is 0 Å². The number of benzene rings is 2. The summed E-state index contributed by atoms with van der Waals surface area (Å²) in [6.07, 6.45) is 1.79. The fourth-order valence-electron chi connectivity index (χ4n) is 2.96. The maximum atomic E-state index is 10.0. The number of methoxy groups -OCH3 is 1. The van der Waals surface area contributed by atoms with Gasteiger partial charge in [0.15, 0.2) is 23.0 Å². The Kier molecular flexibility index (Phi) is 6.57. The lowest BCUT2D eigenvalue weighted by Crippen LogP contribution is -2.13. The van der Waals surface area contributed by atoms with E-state index in [4.69, 9.17) is 9.47 Å². The molecule has 2 N–H and O–H groups in total. The Morgan fingerprint density at radius 1 is 0.840 bits per heavy atom. The van der Waals surface area contributed by atoms with Crippen molar-refractivity contribution in [3.8, 4) is 23.0 Å². The highest BCUT2D eigenvalue weighted by molar-refractivity contribution is 5.42. The average Bonchev–Trinajstić information content (AvgIpc) is 2.59. The molecule has 0 radical (unpaired) electrons. The Hall–Kier alpha value is -2.36. The molecule has 0 heterocycles. The van der Waals surface area contributed by atoms with Crippen molar-refractivity contribution in [2.75, 3.05) is 13.7 Å². The summed E-state index contributed by atoms with van der Waals surface area (Å²) in [5.41, 5.74) is 2.24. The van der Waals surface area contributed by atoms with Crippen molar-refractivity contribution in [1.82, 2.24) is 0 Å². The second kappa shape index (κ2) is 8.65. The second-order valence-corrected chi connectivity index (χ2v) is 6.60. The standard InChI is InChI=1S/C21H28O4/c1-5-25-20-9-7-16(12-19(20)23)10-14(2)15(3)11-17-6-8-18(22)21(13-17)24-4/h6-9,12-15,22-23H,5,10-11H2,1-4H3/t14-,15-/m1/s1. The fraction of sp³-hybridized carbons (Fsp3) is 0.429. The first-order valence-corrected chi connectivity index (χ1v) is 8.75. The van der Waals surface area contributed by atoms with Crippen LogP contribution in [0.5, 0.6) is 23.0 Å². The van der Waals surface area contributed by atoms with Gasteiger partial charge in [0.1, 0.15) is 0 Å². The predicted molar refractivity (Wildman–Crippen MR) is 99.7 cm³/mol. The highest BCUT2D eigenvalue weighted by Gasteiger charge is 2.16. The molecule has 2 aromatic rings. The zero-order valence-electron chi connectivity index (χ0n) is 15.5. The molecule has 0 unspecified atom stereocenters. The van der Waals surface area contributed by atoms with Gasteiger partial charge in [0, 0.05) is 0 Å². The zero-order chi connectivity index (χ0) is 18.4. The van der Waals surface area contributed by atoms with Gasteiger partial charge in [-0.2, -0.15) is 0 Å². The molecule has 0 aliphatic carbocycles. The van der Waals surface area contributed by atoms with Crippen LogP contribution in [0.15, 0.2) is 36.4 Å². The fourth-order valence-corrected chi connectivity index (χ4v) is 2.96. The summed E-state index contributed by atoms with van der Waals surface area (Å²) in [6, 6.07) is 11.1. The van der Waals surface area contributed by atoms with E-state index in [0.29, 0.717) is 29.9 Å². The van der Waals surface area contributed by atoms with Gasteiger partial charge in [0.2, 0.25) is 0 Å². The minimum absolute atomic E-state index is 0.164. The highest BCUT2D eigenvalue weighted by atomic mass is 16.5. The van der Waals surface area contributed by atoms with Gasteiger partial charge in [-0.25, -0.2) is 0 Å². The van der Waals surface area contributed by atoms with Crippen molar-refractivity contribution in [3.63, 3.8) is 0 Å². The number of rotatable bonds is 8. The molecular weight excluding hydrogens is 316 g/mol. The molecule has 25 heavy (non-hydrogen) atoms. The Morgan fingerprint density at radius 2 is 1.44 bits per heavy atom. The average molecular weight is 344 g/mol. The lowest BCUT2D eigenvalue weighted by Gasteiger charge is -2.21. The molecule has 4 nitrogen and oxygen atoms in total. The number of phenols is 2. The monoisotopic (exact) mass is 344 g/mol. The van der Waals surface area contributed by atoms with Crippen molar-refractivity contribution in [3.05, 3.63) is 47.5 Å². The topological polar surface area (TPSA) is 58.9 Å². The van der Waals surface area contributed by atoms with Crippen LogP contribution in [0.25, 0.3) is 0 Å². The van der Waals surface area contributed by atoms with Crippen LogP contribution in [-0.4, -0.2) is 23.9 Å². The van der Waals surface area contributed by atoms with Crippen LogP contribution >= 0.6 is 0 Å². The van der Waals surface area contributed by atoms with E-state index < -0.39 is 0 Å². The van der Waals surface area contributed by atoms with Crippen molar-refractivity contribution < 1.29 is 19.7 Å². The summed E-state index contributed by atoms with van der Waals surface area (Å²) in [5.74, 6) is 2.29. The summed E-state index contributed by atoms with van der Waals surface area (Å²) in [4.78, 5) is 0. The third-order valence-corrected chi connectivity index (χ3v) is 4.65. The van der Waals surface area contributed by atoms with Crippen LogP contribution in [0.3, 0.4) is 0 Å². The lowest BCUT2D eigenvalue weighted by atomic mass is 9.85. The molecule has 2 atom stereocenters. The molecule has 0 amide bonds. The maximum Gasteiger partial charge on any atom is 0.160 e. The van der Waals surface area contributed by atoms with E-state index in [1.165, 1.54) is 0 Å². The first-order valence-electron chi connectivity index (χ1n) is 8.75. The first-order chi connectivity index (χ1) is 11.9. The van der Waals surface area contributed by atoms with Gasteiger partial charge >= 0.3 is 0 Å². The molecule has 0 saturated heterocycles. The molecule has 0 spiro atoms. The van der Waals surface area contributed by atoms with Crippen molar-refractivity contribution in [1.29, 1.82) is 0 Å². The number of phenolic OH excluding ortho intramolecular Hbond substituents is 2. The van der Waals surface area contributed by atoms with Gasteiger partial charge in [-0.3, -0.25) is 0 Å². The summed E-state index contributed by atoms with van der Waals surface area (Å²) >= 11 is 0. The molecular formula is C21H28O4. The molecule has 2 rings (SSSR count). The highest BCUT2D eigenvalue weighted by Crippen LogP contribution is 2.31. The minimum atomic E-state index is 0.164. The van der Waals surface area contributed by atoms with Crippen LogP contribution in [0.4, 0.5) is 0 Å². The number of hydrogen-bond acceptors (Lipinski definition) is 4. The van der Waals surface area contributed by atoms with Crippen molar-refractivity contribution >= 4 is 0 Å². The molecule has 2 aromatic carbocycles.